The second-order valence-electron chi connectivity index (χ2n) is 7.54. The van der Waals surface area contributed by atoms with Crippen LogP contribution in [0.5, 0.6) is 0 Å². The van der Waals surface area contributed by atoms with E-state index in [0.717, 1.165) is 42.8 Å². The number of nitrogens with one attached hydrogen (secondary N) is 1. The lowest BCUT2D eigenvalue weighted by Gasteiger charge is -2.39. The molecule has 0 unspecified atom stereocenters. The normalized spacial score (nSPS) is 23.1. The van der Waals surface area contributed by atoms with Gasteiger partial charge in [0.25, 0.3) is 0 Å². The first-order chi connectivity index (χ1) is 12.6. The van der Waals surface area contributed by atoms with Crippen molar-refractivity contribution in [1.29, 1.82) is 0 Å². The molecule has 2 aromatic rings. The van der Waals surface area contributed by atoms with Gasteiger partial charge in [-0.2, -0.15) is 0 Å². The van der Waals surface area contributed by atoms with Crippen LogP contribution in [0, 0.1) is 0 Å². The number of likely N-dealkylation sites (tertiary alicyclic amines) is 1. The molecule has 26 heavy (non-hydrogen) atoms. The molecular formula is C19H26N6O. The first-order valence-corrected chi connectivity index (χ1v) is 9.57. The van der Waals surface area contributed by atoms with Crippen LogP contribution in [0.3, 0.4) is 0 Å². The molecule has 1 aromatic heterocycles. The summed E-state index contributed by atoms with van der Waals surface area (Å²) in [5.74, 6) is 0.984. The highest BCUT2D eigenvalue weighted by Gasteiger charge is 2.29. The molecule has 1 amide bonds. The van der Waals surface area contributed by atoms with Crippen molar-refractivity contribution in [2.75, 3.05) is 11.9 Å². The fraction of sp³-hybridized carbons (Fsp3) is 0.579. The first-order valence-electron chi connectivity index (χ1n) is 9.57. The standard InChI is InChI=1S/C19H26N6O/c1-13-4-3-5-14(2)24(13)18(26)12-20-16-8-6-15(7-9-16)19-21-22-23-25(19)17-10-11-17/h6-9,13-14,17,20H,3-5,10-12H2,1-2H3/t13-,14-/m1/s1. The van der Waals surface area contributed by atoms with E-state index in [9.17, 15) is 4.79 Å². The predicted octanol–water partition coefficient (Wildman–Crippen LogP) is 2.88. The van der Waals surface area contributed by atoms with Crippen LogP contribution in [0.2, 0.25) is 0 Å². The number of anilines is 1. The Morgan fingerprint density at radius 3 is 2.46 bits per heavy atom. The Hall–Kier alpha value is -2.44. The van der Waals surface area contributed by atoms with E-state index < -0.39 is 0 Å². The Kier molecular flexibility index (Phi) is 4.61. The summed E-state index contributed by atoms with van der Waals surface area (Å²) in [6.45, 7) is 4.62. The Morgan fingerprint density at radius 2 is 1.81 bits per heavy atom. The summed E-state index contributed by atoms with van der Waals surface area (Å²) in [7, 11) is 0. The van der Waals surface area contributed by atoms with Gasteiger partial charge in [0, 0.05) is 23.3 Å². The van der Waals surface area contributed by atoms with Crippen LogP contribution in [-0.2, 0) is 4.79 Å². The van der Waals surface area contributed by atoms with Crippen LogP contribution in [0.1, 0.15) is 52.0 Å². The van der Waals surface area contributed by atoms with E-state index in [2.05, 4.69) is 34.7 Å². The van der Waals surface area contributed by atoms with Gasteiger partial charge in [-0.1, -0.05) is 0 Å². The third kappa shape index (κ3) is 3.43. The molecule has 1 saturated carbocycles. The topological polar surface area (TPSA) is 75.9 Å². The molecule has 1 N–H and O–H groups in total. The minimum atomic E-state index is 0.173. The lowest BCUT2D eigenvalue weighted by Crippen LogP contribution is -2.49. The van der Waals surface area contributed by atoms with Crippen LogP contribution in [0.4, 0.5) is 5.69 Å². The molecule has 2 fully saturated rings. The number of rotatable bonds is 5. The molecule has 138 valence electrons. The molecule has 1 saturated heterocycles. The summed E-state index contributed by atoms with van der Waals surface area (Å²) < 4.78 is 1.91. The number of hydrogen-bond acceptors (Lipinski definition) is 5. The SMILES string of the molecule is C[C@@H]1CCC[C@@H](C)N1C(=O)CNc1ccc(-c2nnnn2C2CC2)cc1. The number of carbonyl (C=O) groups excluding carboxylic acids is 1. The van der Waals surface area contributed by atoms with Gasteiger partial charge >= 0.3 is 0 Å². The molecule has 1 aliphatic carbocycles. The molecular weight excluding hydrogens is 328 g/mol. The van der Waals surface area contributed by atoms with Crippen molar-refractivity contribution in [1.82, 2.24) is 25.1 Å². The number of piperidine rings is 1. The Labute approximate surface area is 153 Å². The van der Waals surface area contributed by atoms with E-state index in [1.165, 1.54) is 6.42 Å². The quantitative estimate of drug-likeness (QED) is 0.893. The summed E-state index contributed by atoms with van der Waals surface area (Å²) in [6, 6.07) is 9.08. The van der Waals surface area contributed by atoms with E-state index >= 15 is 0 Å². The number of hydrogen-bond donors (Lipinski definition) is 1. The van der Waals surface area contributed by atoms with Crippen molar-refractivity contribution < 1.29 is 4.79 Å². The maximum Gasteiger partial charge on any atom is 0.242 e. The van der Waals surface area contributed by atoms with Gasteiger partial charge in [-0.3, -0.25) is 4.79 Å². The molecule has 2 atom stereocenters. The summed E-state index contributed by atoms with van der Waals surface area (Å²) in [5, 5.41) is 15.3. The zero-order valence-corrected chi connectivity index (χ0v) is 15.4. The van der Waals surface area contributed by atoms with E-state index in [-0.39, 0.29) is 5.91 Å². The number of tetrazole rings is 1. The van der Waals surface area contributed by atoms with Crippen molar-refractivity contribution in [2.24, 2.45) is 0 Å². The highest BCUT2D eigenvalue weighted by atomic mass is 16.2. The lowest BCUT2D eigenvalue weighted by atomic mass is 9.97. The molecule has 0 bridgehead atoms. The second kappa shape index (κ2) is 7.05. The zero-order chi connectivity index (χ0) is 18.1. The van der Waals surface area contributed by atoms with E-state index in [1.807, 2.05) is 33.8 Å². The highest BCUT2D eigenvalue weighted by Crippen LogP contribution is 2.36. The van der Waals surface area contributed by atoms with Gasteiger partial charge in [0.2, 0.25) is 5.91 Å². The fourth-order valence-electron chi connectivity index (χ4n) is 3.87. The number of benzene rings is 1. The molecule has 0 spiro atoms. The van der Waals surface area contributed by atoms with Crippen molar-refractivity contribution in [2.45, 2.75) is 64.1 Å². The molecule has 7 nitrogen and oxygen atoms in total. The Balaban J connectivity index is 1.38. The minimum absolute atomic E-state index is 0.173. The maximum atomic E-state index is 12.6. The molecule has 7 heteroatoms. The third-order valence-corrected chi connectivity index (χ3v) is 5.45. The monoisotopic (exact) mass is 354 g/mol. The Morgan fingerprint density at radius 1 is 1.12 bits per heavy atom. The summed E-state index contributed by atoms with van der Waals surface area (Å²) in [6.07, 6.45) is 5.70. The van der Waals surface area contributed by atoms with E-state index in [4.69, 9.17) is 0 Å². The zero-order valence-electron chi connectivity index (χ0n) is 15.4. The molecule has 1 aliphatic heterocycles. The molecule has 4 rings (SSSR count). The largest absolute Gasteiger partial charge is 0.376 e. The van der Waals surface area contributed by atoms with Gasteiger partial charge in [-0.05, 0) is 80.6 Å². The van der Waals surface area contributed by atoms with Crippen LogP contribution in [0.25, 0.3) is 11.4 Å². The third-order valence-electron chi connectivity index (χ3n) is 5.45. The van der Waals surface area contributed by atoms with Crippen LogP contribution >= 0.6 is 0 Å². The maximum absolute atomic E-state index is 12.6. The van der Waals surface area contributed by atoms with Gasteiger partial charge < -0.3 is 10.2 Å². The minimum Gasteiger partial charge on any atom is -0.376 e. The average molecular weight is 354 g/mol. The predicted molar refractivity (Wildman–Crippen MR) is 99.6 cm³/mol. The number of carbonyl (C=O) groups is 1. The lowest BCUT2D eigenvalue weighted by molar-refractivity contribution is -0.135. The number of aromatic nitrogens is 4. The van der Waals surface area contributed by atoms with Crippen LogP contribution in [-0.4, -0.2) is 49.6 Å². The van der Waals surface area contributed by atoms with Crippen molar-refractivity contribution in [3.63, 3.8) is 0 Å². The van der Waals surface area contributed by atoms with Gasteiger partial charge in [-0.15, -0.1) is 5.10 Å². The van der Waals surface area contributed by atoms with Crippen molar-refractivity contribution >= 4 is 11.6 Å². The van der Waals surface area contributed by atoms with Gasteiger partial charge in [0.15, 0.2) is 5.82 Å². The van der Waals surface area contributed by atoms with Crippen molar-refractivity contribution in [3.05, 3.63) is 24.3 Å². The summed E-state index contributed by atoms with van der Waals surface area (Å²) in [5.41, 5.74) is 1.93. The molecule has 2 heterocycles. The van der Waals surface area contributed by atoms with Crippen molar-refractivity contribution in [3.8, 4) is 11.4 Å². The fourth-order valence-corrected chi connectivity index (χ4v) is 3.87. The molecule has 0 radical (unpaired) electrons. The van der Waals surface area contributed by atoms with Gasteiger partial charge in [0.1, 0.15) is 0 Å². The molecule has 2 aliphatic rings. The highest BCUT2D eigenvalue weighted by molar-refractivity contribution is 5.81. The smallest absolute Gasteiger partial charge is 0.242 e. The average Bonchev–Trinajstić information content (AvgIpc) is 3.37. The molecule has 1 aromatic carbocycles. The van der Waals surface area contributed by atoms with Crippen LogP contribution < -0.4 is 5.32 Å². The van der Waals surface area contributed by atoms with E-state index in [0.29, 0.717) is 24.7 Å². The first kappa shape index (κ1) is 17.0. The summed E-state index contributed by atoms with van der Waals surface area (Å²) in [4.78, 5) is 14.6. The number of amides is 1. The van der Waals surface area contributed by atoms with E-state index in [1.54, 1.807) is 0 Å². The second-order valence-corrected chi connectivity index (χ2v) is 7.54. The van der Waals surface area contributed by atoms with Gasteiger partial charge in [0.05, 0.1) is 12.6 Å². The Bertz CT molecular complexity index is 757. The number of nitrogens with zero attached hydrogens (tertiary/aromatic N) is 5. The van der Waals surface area contributed by atoms with Gasteiger partial charge in [-0.25, -0.2) is 4.68 Å². The summed E-state index contributed by atoms with van der Waals surface area (Å²) >= 11 is 0. The van der Waals surface area contributed by atoms with Crippen LogP contribution in [0.15, 0.2) is 24.3 Å².